The monoisotopic (exact) mass is 308 g/mol. The van der Waals surface area contributed by atoms with E-state index in [4.69, 9.17) is 19.3 Å². The highest BCUT2D eigenvalue weighted by Crippen LogP contribution is 2.31. The minimum atomic E-state index is -0.985. The first-order valence-corrected chi connectivity index (χ1v) is 7.04. The maximum atomic E-state index is 11.2. The fourth-order valence-electron chi connectivity index (χ4n) is 1.90. The predicted molar refractivity (Wildman–Crippen MR) is 79.9 cm³/mol. The Morgan fingerprint density at radius 1 is 1.19 bits per heavy atom. The Kier molecular flexibility index (Phi) is 4.70. The van der Waals surface area contributed by atoms with E-state index in [0.29, 0.717) is 17.2 Å². The molecular weight excluding hydrogens is 292 g/mol. The number of aromatic carboxylic acids is 1. The third-order valence-corrected chi connectivity index (χ3v) is 3.91. The molecule has 112 valence electrons. The van der Waals surface area contributed by atoms with Crippen molar-refractivity contribution in [1.29, 1.82) is 0 Å². The molecule has 0 saturated heterocycles. The van der Waals surface area contributed by atoms with Crippen molar-refractivity contribution in [3.8, 4) is 17.2 Å². The van der Waals surface area contributed by atoms with Crippen molar-refractivity contribution in [2.45, 2.75) is 13.5 Å². The first-order valence-electron chi connectivity index (χ1n) is 6.22. The number of methoxy groups -OCH3 is 2. The highest BCUT2D eigenvalue weighted by molar-refractivity contribution is 7.14. The van der Waals surface area contributed by atoms with Crippen molar-refractivity contribution < 1.29 is 24.1 Å². The van der Waals surface area contributed by atoms with Crippen LogP contribution in [0.4, 0.5) is 0 Å². The van der Waals surface area contributed by atoms with E-state index >= 15 is 0 Å². The smallest absolute Gasteiger partial charge is 0.349 e. The van der Waals surface area contributed by atoms with Crippen LogP contribution in [0.5, 0.6) is 17.2 Å². The summed E-state index contributed by atoms with van der Waals surface area (Å²) in [5, 5.41) is 9.14. The summed E-state index contributed by atoms with van der Waals surface area (Å²) in [6, 6.07) is 7.10. The zero-order valence-electron chi connectivity index (χ0n) is 12.0. The topological polar surface area (TPSA) is 65.0 Å². The molecular formula is C15H16O5S. The van der Waals surface area contributed by atoms with Crippen LogP contribution in [0, 0.1) is 6.92 Å². The van der Waals surface area contributed by atoms with Gasteiger partial charge in [0, 0.05) is 10.4 Å². The first kappa shape index (κ1) is 15.2. The Labute approximate surface area is 126 Å². The van der Waals surface area contributed by atoms with Crippen molar-refractivity contribution in [2.24, 2.45) is 0 Å². The van der Waals surface area contributed by atoms with Crippen LogP contribution in [0.3, 0.4) is 0 Å². The molecule has 0 aliphatic heterocycles. The molecule has 0 spiro atoms. The molecule has 1 N–H and O–H groups in total. The summed E-state index contributed by atoms with van der Waals surface area (Å²) in [4.78, 5) is 12.2. The number of thiophene rings is 1. The van der Waals surface area contributed by atoms with Gasteiger partial charge in [-0.15, -0.1) is 11.3 Å². The predicted octanol–water partition coefficient (Wildman–Crippen LogP) is 3.35. The van der Waals surface area contributed by atoms with Crippen LogP contribution in [-0.4, -0.2) is 25.3 Å². The van der Waals surface area contributed by atoms with Gasteiger partial charge in [-0.05, 0) is 31.2 Å². The van der Waals surface area contributed by atoms with Crippen molar-refractivity contribution in [1.82, 2.24) is 0 Å². The second-order valence-electron chi connectivity index (χ2n) is 4.32. The van der Waals surface area contributed by atoms with Gasteiger partial charge in [0.1, 0.15) is 23.9 Å². The number of ether oxygens (including phenoxy) is 3. The summed E-state index contributed by atoms with van der Waals surface area (Å²) in [5.74, 6) is 0.740. The van der Waals surface area contributed by atoms with E-state index in [1.807, 2.05) is 6.92 Å². The van der Waals surface area contributed by atoms with Crippen LogP contribution in [-0.2, 0) is 6.61 Å². The molecule has 0 aliphatic carbocycles. The van der Waals surface area contributed by atoms with Gasteiger partial charge in [0.15, 0.2) is 4.88 Å². The fraction of sp³-hybridized carbons (Fsp3) is 0.267. The summed E-state index contributed by atoms with van der Waals surface area (Å²) in [7, 11) is 3.15. The SMILES string of the molecule is COc1ccc(OC)c(COc2cc(C)sc2C(=O)O)c1. The van der Waals surface area contributed by atoms with Crippen LogP contribution in [0.15, 0.2) is 24.3 Å². The van der Waals surface area contributed by atoms with Crippen LogP contribution in [0.2, 0.25) is 0 Å². The lowest BCUT2D eigenvalue weighted by Crippen LogP contribution is -2.02. The average molecular weight is 308 g/mol. The van der Waals surface area contributed by atoms with E-state index in [1.54, 1.807) is 38.5 Å². The summed E-state index contributed by atoms with van der Waals surface area (Å²) in [6.45, 7) is 2.05. The van der Waals surface area contributed by atoms with Crippen molar-refractivity contribution in [3.63, 3.8) is 0 Å². The van der Waals surface area contributed by atoms with Crippen LogP contribution >= 0.6 is 11.3 Å². The van der Waals surface area contributed by atoms with E-state index in [9.17, 15) is 4.79 Å². The summed E-state index contributed by atoms with van der Waals surface area (Å²) in [6.07, 6.45) is 0. The highest BCUT2D eigenvalue weighted by atomic mass is 32.1. The van der Waals surface area contributed by atoms with Gasteiger partial charge < -0.3 is 19.3 Å². The van der Waals surface area contributed by atoms with E-state index in [-0.39, 0.29) is 11.5 Å². The Morgan fingerprint density at radius 3 is 2.57 bits per heavy atom. The first-order chi connectivity index (χ1) is 10.0. The van der Waals surface area contributed by atoms with Gasteiger partial charge >= 0.3 is 5.97 Å². The van der Waals surface area contributed by atoms with Gasteiger partial charge in [0.25, 0.3) is 0 Å². The Morgan fingerprint density at radius 2 is 1.95 bits per heavy atom. The zero-order valence-corrected chi connectivity index (χ0v) is 12.8. The van der Waals surface area contributed by atoms with E-state index in [1.165, 1.54) is 11.3 Å². The fourth-order valence-corrected chi connectivity index (χ4v) is 2.69. The average Bonchev–Trinajstić information content (AvgIpc) is 2.86. The van der Waals surface area contributed by atoms with Crippen LogP contribution < -0.4 is 14.2 Å². The molecule has 0 radical (unpaired) electrons. The molecule has 1 heterocycles. The number of aryl methyl sites for hydroxylation is 1. The molecule has 1 aromatic carbocycles. The van der Waals surface area contributed by atoms with Gasteiger partial charge in [-0.25, -0.2) is 4.79 Å². The molecule has 0 bridgehead atoms. The van der Waals surface area contributed by atoms with Gasteiger partial charge in [0.2, 0.25) is 0 Å². The van der Waals surface area contributed by atoms with E-state index < -0.39 is 5.97 Å². The lowest BCUT2D eigenvalue weighted by molar-refractivity contribution is 0.0697. The van der Waals surface area contributed by atoms with E-state index in [2.05, 4.69) is 0 Å². The Balaban J connectivity index is 2.21. The van der Waals surface area contributed by atoms with Gasteiger partial charge in [-0.1, -0.05) is 0 Å². The molecule has 0 aliphatic rings. The Hall–Kier alpha value is -2.21. The summed E-state index contributed by atoms with van der Waals surface area (Å²) < 4.78 is 16.1. The number of hydrogen-bond acceptors (Lipinski definition) is 5. The third kappa shape index (κ3) is 3.46. The number of carboxylic acids is 1. The summed E-state index contributed by atoms with van der Waals surface area (Å²) in [5.41, 5.74) is 0.789. The normalized spacial score (nSPS) is 10.2. The zero-order chi connectivity index (χ0) is 15.4. The summed E-state index contributed by atoms with van der Waals surface area (Å²) >= 11 is 1.19. The van der Waals surface area contributed by atoms with Gasteiger partial charge in [0.05, 0.1) is 14.2 Å². The lowest BCUT2D eigenvalue weighted by Gasteiger charge is -2.11. The minimum absolute atomic E-state index is 0.203. The molecule has 0 saturated carbocycles. The molecule has 2 aromatic rings. The molecule has 0 unspecified atom stereocenters. The minimum Gasteiger partial charge on any atom is -0.497 e. The van der Waals surface area contributed by atoms with Crippen LogP contribution in [0.25, 0.3) is 0 Å². The van der Waals surface area contributed by atoms with Crippen molar-refractivity contribution >= 4 is 17.3 Å². The molecule has 0 amide bonds. The standard InChI is InChI=1S/C15H16O5S/c1-9-6-13(14(21-9)15(16)17)20-8-10-7-11(18-2)4-5-12(10)19-3/h4-7H,8H2,1-3H3,(H,16,17). The Bertz CT molecular complexity index is 648. The molecule has 1 aromatic heterocycles. The lowest BCUT2D eigenvalue weighted by atomic mass is 10.2. The second kappa shape index (κ2) is 6.49. The van der Waals surface area contributed by atoms with Crippen LogP contribution in [0.1, 0.15) is 20.1 Å². The largest absolute Gasteiger partial charge is 0.497 e. The van der Waals surface area contributed by atoms with E-state index in [0.717, 1.165) is 10.4 Å². The van der Waals surface area contributed by atoms with Crippen molar-refractivity contribution in [3.05, 3.63) is 39.6 Å². The molecule has 21 heavy (non-hydrogen) atoms. The van der Waals surface area contributed by atoms with Crippen molar-refractivity contribution in [2.75, 3.05) is 14.2 Å². The third-order valence-electron chi connectivity index (χ3n) is 2.89. The molecule has 5 nitrogen and oxygen atoms in total. The molecule has 6 heteroatoms. The highest BCUT2D eigenvalue weighted by Gasteiger charge is 2.16. The maximum Gasteiger partial charge on any atom is 0.349 e. The molecule has 0 atom stereocenters. The number of carboxylic acid groups (broad SMARTS) is 1. The maximum absolute atomic E-state index is 11.2. The van der Waals surface area contributed by atoms with Gasteiger partial charge in [-0.2, -0.15) is 0 Å². The number of hydrogen-bond donors (Lipinski definition) is 1. The van der Waals surface area contributed by atoms with Gasteiger partial charge in [-0.3, -0.25) is 0 Å². The number of carbonyl (C=O) groups is 1. The quantitative estimate of drug-likeness (QED) is 0.886. The molecule has 0 fully saturated rings. The number of rotatable bonds is 6. The number of benzene rings is 1. The molecule has 2 rings (SSSR count). The second-order valence-corrected chi connectivity index (χ2v) is 5.58.